The number of hydrogen-bond acceptors (Lipinski definition) is 5. The van der Waals surface area contributed by atoms with E-state index in [1.165, 1.54) is 0 Å². The molecule has 0 aromatic carbocycles. The van der Waals surface area contributed by atoms with Crippen molar-refractivity contribution < 1.29 is 69.7 Å². The van der Waals surface area contributed by atoms with Gasteiger partial charge in [0.25, 0.3) is 0 Å². The zero-order chi connectivity index (χ0) is 6.85. The van der Waals surface area contributed by atoms with Crippen LogP contribution in [0.1, 0.15) is 0 Å². The van der Waals surface area contributed by atoms with Gasteiger partial charge in [-0.25, -0.2) is 14.9 Å². The molecule has 0 atom stereocenters. The quantitative estimate of drug-likeness (QED) is 0.335. The van der Waals surface area contributed by atoms with Crippen LogP contribution in [0.25, 0.3) is 0 Å². The summed E-state index contributed by atoms with van der Waals surface area (Å²) in [6.45, 7) is 0. The third-order valence-corrected chi connectivity index (χ3v) is 0.905. The second kappa shape index (κ2) is 8.39. The first-order chi connectivity index (χ1) is 4.20. The van der Waals surface area contributed by atoms with E-state index >= 15 is 0 Å². The topological polar surface area (TPSA) is 113 Å². The van der Waals surface area contributed by atoms with E-state index in [9.17, 15) is 9.90 Å². The largest absolute Gasteiger partial charge is 1.00 e. The fraction of sp³-hybridized carbons (Fsp3) is 0. The molecule has 12 heavy (non-hydrogen) atoms. The third kappa shape index (κ3) is 5.44. The van der Waals surface area contributed by atoms with E-state index in [2.05, 4.69) is 22.7 Å². The number of hydrogen-bond donors (Lipinski definition) is 1. The summed E-state index contributed by atoms with van der Waals surface area (Å²) in [5.41, 5.74) is -0.770. The van der Waals surface area contributed by atoms with Gasteiger partial charge in [-0.15, -0.1) is 0 Å². The molecule has 0 radical (unpaired) electrons. The summed E-state index contributed by atoms with van der Waals surface area (Å²) in [5, 5.41) is 15.2. The number of aromatic nitrogens is 3. The van der Waals surface area contributed by atoms with Crippen LogP contribution in [0, 0.1) is 0 Å². The molecule has 0 spiro atoms. The van der Waals surface area contributed by atoms with Crippen molar-refractivity contribution in [2.75, 3.05) is 0 Å². The Bertz CT molecular complexity index is 280. The van der Waals surface area contributed by atoms with Gasteiger partial charge in [0.05, 0.1) is 0 Å². The van der Waals surface area contributed by atoms with Crippen LogP contribution in [-0.2, 0) is 12.6 Å². The van der Waals surface area contributed by atoms with Crippen LogP contribution in [0.4, 0.5) is 0 Å². The minimum Gasteiger partial charge on any atom is -0.858 e. The van der Waals surface area contributed by atoms with Crippen LogP contribution in [0.15, 0.2) is 9.82 Å². The average molecular weight is 207 g/mol. The minimum absolute atomic E-state index is 0. The standard InChI is InChI=1S/C3H3N3O2S.2Na.H2O/c7-1-2(9)5-6-3(8)4-1;;;/h(H,5,9)(H2,4,6,7,8);;;1H2/q;2*+1;/p-2. The normalized spacial score (nSPS) is 7.00. The maximum absolute atomic E-state index is 10.3. The van der Waals surface area contributed by atoms with E-state index in [-0.39, 0.29) is 69.6 Å². The molecule has 0 unspecified atom stereocenters. The smallest absolute Gasteiger partial charge is 0.858 e. The predicted octanol–water partition coefficient (Wildman–Crippen LogP) is -8.67. The molecular weight excluding hydrogens is 204 g/mol. The molecule has 3 N–H and O–H groups in total. The molecule has 0 aliphatic carbocycles. The fourth-order valence-electron chi connectivity index (χ4n) is 0.311. The maximum Gasteiger partial charge on any atom is 1.00 e. The third-order valence-electron chi connectivity index (χ3n) is 0.639. The Hall–Kier alpha value is 0.790. The van der Waals surface area contributed by atoms with Gasteiger partial charge in [-0.05, 0) is 5.88 Å². The van der Waals surface area contributed by atoms with Gasteiger partial charge in [0.2, 0.25) is 0 Å². The summed E-state index contributed by atoms with van der Waals surface area (Å²) in [6, 6.07) is 0. The van der Waals surface area contributed by atoms with E-state index < -0.39 is 11.6 Å². The molecule has 0 bridgehead atoms. The Labute approximate surface area is 117 Å². The van der Waals surface area contributed by atoms with Gasteiger partial charge in [-0.1, -0.05) is 5.03 Å². The van der Waals surface area contributed by atoms with Crippen LogP contribution in [0.3, 0.4) is 0 Å². The fourth-order valence-corrected chi connectivity index (χ4v) is 0.403. The van der Waals surface area contributed by atoms with Crippen molar-refractivity contribution in [3.8, 4) is 5.88 Å². The first kappa shape index (κ1) is 18.5. The summed E-state index contributed by atoms with van der Waals surface area (Å²) in [4.78, 5) is 13.1. The number of aromatic amines is 1. The van der Waals surface area contributed by atoms with E-state index in [1.807, 2.05) is 5.10 Å². The number of nitrogens with one attached hydrogen (secondary N) is 1. The Morgan fingerprint density at radius 1 is 1.42 bits per heavy atom. The van der Waals surface area contributed by atoms with Crippen LogP contribution in [0.5, 0.6) is 5.88 Å². The van der Waals surface area contributed by atoms with Crippen molar-refractivity contribution in [1.29, 1.82) is 0 Å². The van der Waals surface area contributed by atoms with E-state index in [1.54, 1.807) is 0 Å². The number of rotatable bonds is 0. The first-order valence-electron chi connectivity index (χ1n) is 2.01. The summed E-state index contributed by atoms with van der Waals surface area (Å²) in [6.07, 6.45) is 0. The molecule has 0 saturated carbocycles. The molecule has 0 aliphatic rings. The SMILES string of the molecule is O.O=c1nc([O-])c([S-])n[nH]1.[Na+].[Na+]. The van der Waals surface area contributed by atoms with E-state index in [4.69, 9.17) is 0 Å². The zero-order valence-corrected chi connectivity index (χ0v) is 11.4. The van der Waals surface area contributed by atoms with Gasteiger partial charge < -0.3 is 23.2 Å². The molecule has 0 saturated heterocycles. The van der Waals surface area contributed by atoms with E-state index in [0.717, 1.165) is 0 Å². The van der Waals surface area contributed by atoms with Gasteiger partial charge in [0.15, 0.2) is 0 Å². The van der Waals surface area contributed by atoms with Crippen molar-refractivity contribution >= 4 is 12.6 Å². The molecule has 0 amide bonds. The predicted molar refractivity (Wildman–Crippen MR) is 31.3 cm³/mol. The molecule has 0 fully saturated rings. The molecular formula is C3H3N3Na2O3S. The van der Waals surface area contributed by atoms with Crippen LogP contribution >= 0.6 is 0 Å². The second-order valence-corrected chi connectivity index (χ2v) is 1.64. The summed E-state index contributed by atoms with van der Waals surface area (Å²) in [7, 11) is 0. The van der Waals surface area contributed by atoms with Crippen molar-refractivity contribution in [3.63, 3.8) is 0 Å². The van der Waals surface area contributed by atoms with Crippen LogP contribution in [-0.4, -0.2) is 20.7 Å². The van der Waals surface area contributed by atoms with Crippen LogP contribution < -0.4 is 69.9 Å². The summed E-state index contributed by atoms with van der Waals surface area (Å²) >= 11 is 4.36. The molecule has 9 heteroatoms. The number of H-pyrrole nitrogens is 1. The van der Waals surface area contributed by atoms with Crippen molar-refractivity contribution in [2.24, 2.45) is 0 Å². The Morgan fingerprint density at radius 2 is 1.92 bits per heavy atom. The Balaban J connectivity index is -0.000000270. The average Bonchev–Trinajstić information content (AvgIpc) is 1.80. The monoisotopic (exact) mass is 207 g/mol. The van der Waals surface area contributed by atoms with Gasteiger partial charge in [-0.2, -0.15) is 5.10 Å². The molecule has 1 aromatic heterocycles. The van der Waals surface area contributed by atoms with E-state index in [0.29, 0.717) is 0 Å². The Kier molecular flexibility index (Phi) is 13.0. The zero-order valence-electron chi connectivity index (χ0n) is 6.62. The van der Waals surface area contributed by atoms with Crippen LogP contribution in [0.2, 0.25) is 0 Å². The molecule has 56 valence electrons. The minimum atomic E-state index is -0.770. The molecule has 1 aromatic rings. The molecule has 6 nitrogen and oxygen atoms in total. The van der Waals surface area contributed by atoms with Gasteiger partial charge >= 0.3 is 64.8 Å². The summed E-state index contributed by atoms with van der Waals surface area (Å²) < 4.78 is 0. The number of nitrogens with zero attached hydrogens (tertiary/aromatic N) is 2. The first-order valence-corrected chi connectivity index (χ1v) is 2.42. The Morgan fingerprint density at radius 3 is 2.25 bits per heavy atom. The second-order valence-electron chi connectivity index (χ2n) is 1.25. The molecule has 1 rings (SSSR count). The maximum atomic E-state index is 10.3. The van der Waals surface area contributed by atoms with Gasteiger partial charge in [0.1, 0.15) is 0 Å². The molecule has 0 aliphatic heterocycles. The molecule has 1 heterocycles. The van der Waals surface area contributed by atoms with Crippen molar-refractivity contribution in [1.82, 2.24) is 15.2 Å². The van der Waals surface area contributed by atoms with Gasteiger partial charge in [-0.3, -0.25) is 0 Å². The van der Waals surface area contributed by atoms with Crippen molar-refractivity contribution in [3.05, 3.63) is 10.5 Å². The summed E-state index contributed by atoms with van der Waals surface area (Å²) in [5.74, 6) is -0.756. The van der Waals surface area contributed by atoms with Gasteiger partial charge in [0, 0.05) is 0 Å². The van der Waals surface area contributed by atoms with Crippen molar-refractivity contribution in [2.45, 2.75) is 5.03 Å².